The SMILES string of the molecule is Cc1nc2c(c(NCC3(C4CC4)CC3)n1)CCCC2. The van der Waals surface area contributed by atoms with Gasteiger partial charge in [-0.1, -0.05) is 0 Å². The fourth-order valence-electron chi connectivity index (χ4n) is 3.71. The number of hydrogen-bond donors (Lipinski definition) is 1. The van der Waals surface area contributed by atoms with Crippen LogP contribution in [0.3, 0.4) is 0 Å². The van der Waals surface area contributed by atoms with E-state index in [0.29, 0.717) is 5.41 Å². The molecule has 3 heteroatoms. The Morgan fingerprint density at radius 1 is 1.16 bits per heavy atom. The van der Waals surface area contributed by atoms with Crippen molar-refractivity contribution < 1.29 is 0 Å². The Labute approximate surface area is 115 Å². The Hall–Kier alpha value is -1.12. The third-order valence-corrected chi connectivity index (χ3v) is 5.24. The zero-order valence-corrected chi connectivity index (χ0v) is 11.8. The van der Waals surface area contributed by atoms with Gasteiger partial charge in [-0.15, -0.1) is 0 Å². The zero-order chi connectivity index (χ0) is 12.9. The predicted molar refractivity (Wildman–Crippen MR) is 76.3 cm³/mol. The van der Waals surface area contributed by atoms with Crippen LogP contribution in [0.1, 0.15) is 55.6 Å². The second kappa shape index (κ2) is 4.19. The number of aromatic nitrogens is 2. The molecule has 3 aliphatic carbocycles. The first-order valence-corrected chi connectivity index (χ1v) is 7.87. The third kappa shape index (κ3) is 2.13. The highest BCUT2D eigenvalue weighted by Gasteiger charge is 2.53. The molecule has 0 radical (unpaired) electrons. The topological polar surface area (TPSA) is 37.8 Å². The van der Waals surface area contributed by atoms with E-state index in [4.69, 9.17) is 0 Å². The molecule has 2 fully saturated rings. The van der Waals surface area contributed by atoms with Gasteiger partial charge in [-0.2, -0.15) is 0 Å². The van der Waals surface area contributed by atoms with Crippen molar-refractivity contribution in [1.29, 1.82) is 0 Å². The van der Waals surface area contributed by atoms with E-state index in [1.807, 2.05) is 6.92 Å². The largest absolute Gasteiger partial charge is 0.369 e. The van der Waals surface area contributed by atoms with Gasteiger partial charge in [-0.05, 0) is 69.6 Å². The predicted octanol–water partition coefficient (Wildman–Crippen LogP) is 3.27. The molecule has 0 spiro atoms. The van der Waals surface area contributed by atoms with Gasteiger partial charge in [-0.25, -0.2) is 9.97 Å². The average molecular weight is 257 g/mol. The summed E-state index contributed by atoms with van der Waals surface area (Å²) in [6, 6.07) is 0. The third-order valence-electron chi connectivity index (χ3n) is 5.24. The van der Waals surface area contributed by atoms with Crippen LogP contribution in [0.5, 0.6) is 0 Å². The molecule has 2 saturated carbocycles. The van der Waals surface area contributed by atoms with Gasteiger partial charge in [0.25, 0.3) is 0 Å². The summed E-state index contributed by atoms with van der Waals surface area (Å²) in [5.74, 6) is 3.09. The summed E-state index contributed by atoms with van der Waals surface area (Å²) >= 11 is 0. The monoisotopic (exact) mass is 257 g/mol. The van der Waals surface area contributed by atoms with E-state index in [0.717, 1.165) is 36.9 Å². The van der Waals surface area contributed by atoms with Crippen molar-refractivity contribution in [3.05, 3.63) is 17.1 Å². The highest BCUT2D eigenvalue weighted by atomic mass is 15.0. The molecule has 1 N–H and O–H groups in total. The van der Waals surface area contributed by atoms with E-state index in [-0.39, 0.29) is 0 Å². The first-order chi connectivity index (χ1) is 9.27. The molecule has 0 atom stereocenters. The maximum Gasteiger partial charge on any atom is 0.133 e. The van der Waals surface area contributed by atoms with Crippen LogP contribution in [0.15, 0.2) is 0 Å². The number of hydrogen-bond acceptors (Lipinski definition) is 3. The molecule has 1 aromatic heterocycles. The standard InChI is InChI=1S/C16H23N3/c1-11-18-14-5-3-2-4-13(14)15(19-11)17-10-16(8-9-16)12-6-7-12/h12H,2-10H2,1H3,(H,17,18,19). The second-order valence-corrected chi connectivity index (χ2v) is 6.74. The lowest BCUT2D eigenvalue weighted by Gasteiger charge is -2.21. The van der Waals surface area contributed by atoms with Gasteiger partial charge in [0.15, 0.2) is 0 Å². The summed E-state index contributed by atoms with van der Waals surface area (Å²) in [4.78, 5) is 9.31. The van der Waals surface area contributed by atoms with Crippen molar-refractivity contribution in [1.82, 2.24) is 9.97 Å². The lowest BCUT2D eigenvalue weighted by Crippen LogP contribution is -2.21. The maximum atomic E-state index is 4.67. The van der Waals surface area contributed by atoms with E-state index in [1.165, 1.54) is 49.8 Å². The average Bonchev–Trinajstić information content (AvgIpc) is 3.27. The summed E-state index contributed by atoms with van der Waals surface area (Å²) in [5, 5.41) is 3.69. The van der Waals surface area contributed by atoms with E-state index < -0.39 is 0 Å². The van der Waals surface area contributed by atoms with Gasteiger partial charge in [0, 0.05) is 17.8 Å². The first kappa shape index (κ1) is 11.7. The van der Waals surface area contributed by atoms with Crippen LogP contribution in [-0.4, -0.2) is 16.5 Å². The van der Waals surface area contributed by atoms with Crippen molar-refractivity contribution in [2.24, 2.45) is 11.3 Å². The Morgan fingerprint density at radius 3 is 2.68 bits per heavy atom. The molecule has 0 saturated heterocycles. The summed E-state index contributed by atoms with van der Waals surface area (Å²) in [6.07, 6.45) is 10.7. The number of anilines is 1. The Bertz CT molecular complexity index is 501. The fourth-order valence-corrected chi connectivity index (χ4v) is 3.71. The Kier molecular flexibility index (Phi) is 2.58. The van der Waals surface area contributed by atoms with Crippen LogP contribution < -0.4 is 5.32 Å². The number of aryl methyl sites for hydroxylation is 2. The Balaban J connectivity index is 1.55. The van der Waals surface area contributed by atoms with Crippen LogP contribution in [-0.2, 0) is 12.8 Å². The molecule has 0 aliphatic heterocycles. The lowest BCUT2D eigenvalue weighted by molar-refractivity contribution is 0.465. The number of fused-ring (bicyclic) bond motifs is 1. The van der Waals surface area contributed by atoms with Crippen LogP contribution in [0.25, 0.3) is 0 Å². The lowest BCUT2D eigenvalue weighted by atomic mass is 9.95. The zero-order valence-electron chi connectivity index (χ0n) is 11.8. The summed E-state index contributed by atoms with van der Waals surface area (Å²) < 4.78 is 0. The van der Waals surface area contributed by atoms with Gasteiger partial charge in [0.05, 0.1) is 0 Å². The van der Waals surface area contributed by atoms with E-state index in [9.17, 15) is 0 Å². The van der Waals surface area contributed by atoms with Crippen molar-refractivity contribution in [2.45, 2.75) is 58.3 Å². The van der Waals surface area contributed by atoms with Crippen LogP contribution >= 0.6 is 0 Å². The molecule has 0 amide bonds. The second-order valence-electron chi connectivity index (χ2n) is 6.74. The number of nitrogens with one attached hydrogen (secondary N) is 1. The normalized spacial score (nSPS) is 23.8. The van der Waals surface area contributed by atoms with Crippen molar-refractivity contribution in [2.75, 3.05) is 11.9 Å². The molecule has 19 heavy (non-hydrogen) atoms. The molecular weight excluding hydrogens is 234 g/mol. The molecule has 0 aromatic carbocycles. The summed E-state index contributed by atoms with van der Waals surface area (Å²) in [7, 11) is 0. The quantitative estimate of drug-likeness (QED) is 0.899. The van der Waals surface area contributed by atoms with E-state index in [2.05, 4.69) is 15.3 Å². The van der Waals surface area contributed by atoms with Crippen LogP contribution in [0.4, 0.5) is 5.82 Å². The fraction of sp³-hybridized carbons (Fsp3) is 0.750. The molecule has 102 valence electrons. The molecule has 0 bridgehead atoms. The molecule has 3 aliphatic rings. The molecule has 4 rings (SSSR count). The minimum Gasteiger partial charge on any atom is -0.369 e. The maximum absolute atomic E-state index is 4.67. The minimum atomic E-state index is 0.639. The Morgan fingerprint density at radius 2 is 1.95 bits per heavy atom. The molecule has 1 heterocycles. The minimum absolute atomic E-state index is 0.639. The van der Waals surface area contributed by atoms with Crippen molar-refractivity contribution in [3.63, 3.8) is 0 Å². The number of rotatable bonds is 4. The summed E-state index contributed by atoms with van der Waals surface area (Å²) in [6.45, 7) is 3.16. The highest BCUT2D eigenvalue weighted by Crippen LogP contribution is 2.61. The van der Waals surface area contributed by atoms with Crippen molar-refractivity contribution >= 4 is 5.82 Å². The van der Waals surface area contributed by atoms with E-state index in [1.54, 1.807) is 0 Å². The van der Waals surface area contributed by atoms with Crippen LogP contribution in [0, 0.1) is 18.3 Å². The highest BCUT2D eigenvalue weighted by molar-refractivity contribution is 5.48. The molecular formula is C16H23N3. The van der Waals surface area contributed by atoms with Crippen molar-refractivity contribution in [3.8, 4) is 0 Å². The van der Waals surface area contributed by atoms with Gasteiger partial charge < -0.3 is 5.32 Å². The van der Waals surface area contributed by atoms with Gasteiger partial charge in [0.2, 0.25) is 0 Å². The van der Waals surface area contributed by atoms with Gasteiger partial charge in [0.1, 0.15) is 11.6 Å². The molecule has 1 aromatic rings. The van der Waals surface area contributed by atoms with E-state index >= 15 is 0 Å². The first-order valence-electron chi connectivity index (χ1n) is 7.87. The van der Waals surface area contributed by atoms with Gasteiger partial charge in [-0.3, -0.25) is 0 Å². The smallest absolute Gasteiger partial charge is 0.133 e. The number of nitrogens with zero attached hydrogens (tertiary/aromatic N) is 2. The molecule has 0 unspecified atom stereocenters. The van der Waals surface area contributed by atoms with Gasteiger partial charge >= 0.3 is 0 Å². The van der Waals surface area contributed by atoms with Crippen LogP contribution in [0.2, 0.25) is 0 Å². The molecule has 3 nitrogen and oxygen atoms in total. The summed E-state index contributed by atoms with van der Waals surface area (Å²) in [5.41, 5.74) is 3.35.